The number of amides is 3. The van der Waals surface area contributed by atoms with E-state index in [2.05, 4.69) is 10.1 Å². The van der Waals surface area contributed by atoms with Crippen molar-refractivity contribution in [2.24, 2.45) is 5.73 Å². The van der Waals surface area contributed by atoms with E-state index in [0.29, 0.717) is 19.4 Å². The lowest BCUT2D eigenvalue weighted by Gasteiger charge is -2.22. The van der Waals surface area contributed by atoms with Gasteiger partial charge in [0.2, 0.25) is 5.91 Å². The Morgan fingerprint density at radius 2 is 1.91 bits per heavy atom. The Bertz CT molecular complexity index is 560. The van der Waals surface area contributed by atoms with Crippen LogP contribution >= 0.6 is 0 Å². The monoisotopic (exact) mass is 317 g/mol. The first-order valence-corrected chi connectivity index (χ1v) is 6.49. The van der Waals surface area contributed by atoms with Gasteiger partial charge in [0.05, 0.1) is 0 Å². The maximum Gasteiger partial charge on any atom is 0.573 e. The summed E-state index contributed by atoms with van der Waals surface area (Å²) in [5.41, 5.74) is 5.50. The normalized spacial score (nSPS) is 18.1. The van der Waals surface area contributed by atoms with Gasteiger partial charge in [0.15, 0.2) is 0 Å². The van der Waals surface area contributed by atoms with Gasteiger partial charge in [-0.05, 0) is 37.1 Å². The summed E-state index contributed by atoms with van der Waals surface area (Å²) >= 11 is 0. The average molecular weight is 317 g/mol. The third-order valence-electron chi connectivity index (χ3n) is 3.18. The molecule has 9 heteroatoms. The SMILES string of the molecule is NC(=O)C1CCCN1C(=O)Nc1ccc(OC(F)(F)F)cc1. The number of carbonyl (C=O) groups excluding carboxylic acids is 2. The number of rotatable bonds is 3. The molecule has 0 bridgehead atoms. The molecule has 1 aliphatic heterocycles. The summed E-state index contributed by atoms with van der Waals surface area (Å²) in [6, 6.07) is 3.53. The van der Waals surface area contributed by atoms with Crippen LogP contribution in [0.15, 0.2) is 24.3 Å². The van der Waals surface area contributed by atoms with Gasteiger partial charge in [-0.25, -0.2) is 4.79 Å². The van der Waals surface area contributed by atoms with E-state index in [0.717, 1.165) is 12.1 Å². The summed E-state index contributed by atoms with van der Waals surface area (Å²) in [5.74, 6) is -0.969. The van der Waals surface area contributed by atoms with Crippen LogP contribution in [0, 0.1) is 0 Å². The molecule has 6 nitrogen and oxygen atoms in total. The van der Waals surface area contributed by atoms with Crippen molar-refractivity contribution in [2.45, 2.75) is 25.2 Å². The summed E-state index contributed by atoms with van der Waals surface area (Å²) in [7, 11) is 0. The van der Waals surface area contributed by atoms with Gasteiger partial charge in [-0.1, -0.05) is 0 Å². The van der Waals surface area contributed by atoms with Crippen molar-refractivity contribution in [1.82, 2.24) is 4.90 Å². The van der Waals surface area contributed by atoms with Gasteiger partial charge in [-0.3, -0.25) is 4.79 Å². The van der Waals surface area contributed by atoms with Crippen LogP contribution in [-0.4, -0.2) is 35.8 Å². The molecule has 1 aromatic carbocycles. The van der Waals surface area contributed by atoms with Crippen LogP contribution in [0.3, 0.4) is 0 Å². The van der Waals surface area contributed by atoms with E-state index >= 15 is 0 Å². The molecule has 22 heavy (non-hydrogen) atoms. The Morgan fingerprint density at radius 3 is 2.45 bits per heavy atom. The molecular weight excluding hydrogens is 303 g/mol. The van der Waals surface area contributed by atoms with Crippen molar-refractivity contribution in [3.8, 4) is 5.75 Å². The molecule has 3 N–H and O–H groups in total. The molecule has 1 heterocycles. The number of nitrogens with two attached hydrogens (primary N) is 1. The van der Waals surface area contributed by atoms with Gasteiger partial charge in [-0.2, -0.15) is 0 Å². The minimum absolute atomic E-state index is 0.287. The van der Waals surface area contributed by atoms with Crippen molar-refractivity contribution < 1.29 is 27.5 Å². The third-order valence-corrected chi connectivity index (χ3v) is 3.18. The van der Waals surface area contributed by atoms with E-state index in [1.807, 2.05) is 0 Å². The second-order valence-corrected chi connectivity index (χ2v) is 4.76. The Labute approximate surface area is 124 Å². The van der Waals surface area contributed by atoms with Gasteiger partial charge in [-0.15, -0.1) is 13.2 Å². The molecule has 1 saturated heterocycles. The van der Waals surface area contributed by atoms with Gasteiger partial charge >= 0.3 is 12.4 Å². The van der Waals surface area contributed by atoms with Crippen LogP contribution in [0.4, 0.5) is 23.7 Å². The van der Waals surface area contributed by atoms with Crippen molar-refractivity contribution in [3.63, 3.8) is 0 Å². The van der Waals surface area contributed by atoms with Crippen LogP contribution in [0.1, 0.15) is 12.8 Å². The predicted octanol–water partition coefficient (Wildman–Crippen LogP) is 2.07. The lowest BCUT2D eigenvalue weighted by atomic mass is 10.2. The number of primary amides is 1. The molecule has 0 radical (unpaired) electrons. The topological polar surface area (TPSA) is 84.7 Å². The number of hydrogen-bond acceptors (Lipinski definition) is 3. The van der Waals surface area contributed by atoms with Gasteiger partial charge in [0.1, 0.15) is 11.8 Å². The second-order valence-electron chi connectivity index (χ2n) is 4.76. The molecule has 1 atom stereocenters. The van der Waals surface area contributed by atoms with Crippen molar-refractivity contribution in [2.75, 3.05) is 11.9 Å². The van der Waals surface area contributed by atoms with E-state index in [4.69, 9.17) is 5.73 Å². The minimum atomic E-state index is -4.77. The number of ether oxygens (including phenoxy) is 1. The number of nitrogens with zero attached hydrogens (tertiary/aromatic N) is 1. The van der Waals surface area contributed by atoms with Crippen molar-refractivity contribution in [3.05, 3.63) is 24.3 Å². The molecule has 1 aliphatic rings. The number of hydrogen-bond donors (Lipinski definition) is 2. The second kappa shape index (κ2) is 6.12. The zero-order valence-electron chi connectivity index (χ0n) is 11.4. The van der Waals surface area contributed by atoms with Crippen LogP contribution in [0.5, 0.6) is 5.75 Å². The van der Waals surface area contributed by atoms with Gasteiger partial charge in [0, 0.05) is 12.2 Å². The van der Waals surface area contributed by atoms with E-state index < -0.39 is 24.3 Å². The molecule has 0 saturated carbocycles. The van der Waals surface area contributed by atoms with E-state index in [-0.39, 0.29) is 11.4 Å². The quantitative estimate of drug-likeness (QED) is 0.895. The maximum atomic E-state index is 12.0. The lowest BCUT2D eigenvalue weighted by Crippen LogP contribution is -2.45. The highest BCUT2D eigenvalue weighted by Gasteiger charge is 2.33. The third kappa shape index (κ3) is 4.03. The molecule has 0 aliphatic carbocycles. The van der Waals surface area contributed by atoms with Crippen molar-refractivity contribution >= 4 is 17.6 Å². The molecule has 3 amide bonds. The smallest absolute Gasteiger partial charge is 0.406 e. The van der Waals surface area contributed by atoms with Crippen LogP contribution < -0.4 is 15.8 Å². The molecule has 1 aromatic rings. The number of urea groups is 1. The standard InChI is InChI=1S/C13H14F3N3O3/c14-13(15,16)22-9-5-3-8(4-6-9)18-12(21)19-7-1-2-10(19)11(17)20/h3-6,10H,1-2,7H2,(H2,17,20)(H,18,21). The number of anilines is 1. The first kappa shape index (κ1) is 15.9. The van der Waals surface area contributed by atoms with Gasteiger partial charge < -0.3 is 20.7 Å². The van der Waals surface area contributed by atoms with Gasteiger partial charge in [0.25, 0.3) is 0 Å². The molecular formula is C13H14F3N3O3. The molecule has 0 spiro atoms. The predicted molar refractivity (Wildman–Crippen MR) is 71.1 cm³/mol. The summed E-state index contributed by atoms with van der Waals surface area (Å²) in [6.07, 6.45) is -3.60. The van der Waals surface area contributed by atoms with Crippen molar-refractivity contribution in [1.29, 1.82) is 0 Å². The Kier molecular flexibility index (Phi) is 4.43. The summed E-state index contributed by atoms with van der Waals surface area (Å²) in [6.45, 7) is 0.398. The fraction of sp³-hybridized carbons (Fsp3) is 0.385. The maximum absolute atomic E-state index is 12.0. The molecule has 1 fully saturated rings. The van der Waals surface area contributed by atoms with Crippen LogP contribution in [-0.2, 0) is 4.79 Å². The van der Waals surface area contributed by atoms with Crippen LogP contribution in [0.2, 0.25) is 0 Å². The first-order valence-electron chi connectivity index (χ1n) is 6.49. The van der Waals surface area contributed by atoms with E-state index in [9.17, 15) is 22.8 Å². The Balaban J connectivity index is 1.98. The zero-order chi connectivity index (χ0) is 16.3. The number of benzene rings is 1. The average Bonchev–Trinajstić information content (AvgIpc) is 2.89. The lowest BCUT2D eigenvalue weighted by molar-refractivity contribution is -0.274. The molecule has 0 aromatic heterocycles. The number of carbonyl (C=O) groups is 2. The fourth-order valence-corrected chi connectivity index (χ4v) is 2.24. The highest BCUT2D eigenvalue weighted by Crippen LogP contribution is 2.24. The highest BCUT2D eigenvalue weighted by molar-refractivity contribution is 5.93. The summed E-state index contributed by atoms with van der Waals surface area (Å²) < 4.78 is 39.8. The molecule has 2 rings (SSSR count). The van der Waals surface area contributed by atoms with E-state index in [1.165, 1.54) is 17.0 Å². The number of likely N-dealkylation sites (tertiary alicyclic amines) is 1. The minimum Gasteiger partial charge on any atom is -0.406 e. The molecule has 1 unspecified atom stereocenters. The largest absolute Gasteiger partial charge is 0.573 e. The Morgan fingerprint density at radius 1 is 1.27 bits per heavy atom. The number of alkyl halides is 3. The summed E-state index contributed by atoms with van der Waals surface area (Å²) in [5, 5.41) is 2.50. The number of halogens is 3. The first-order chi connectivity index (χ1) is 10.3. The summed E-state index contributed by atoms with van der Waals surface area (Å²) in [4.78, 5) is 24.6. The Hall–Kier alpha value is -2.45. The molecule has 120 valence electrons. The fourth-order valence-electron chi connectivity index (χ4n) is 2.24. The highest BCUT2D eigenvalue weighted by atomic mass is 19.4. The van der Waals surface area contributed by atoms with E-state index in [1.54, 1.807) is 0 Å². The van der Waals surface area contributed by atoms with Crippen LogP contribution in [0.25, 0.3) is 0 Å². The zero-order valence-corrected chi connectivity index (χ0v) is 11.4. The number of nitrogens with one attached hydrogen (secondary N) is 1.